The van der Waals surface area contributed by atoms with Gasteiger partial charge in [0.15, 0.2) is 0 Å². The van der Waals surface area contributed by atoms with Crippen molar-refractivity contribution < 1.29 is 13.2 Å². The summed E-state index contributed by atoms with van der Waals surface area (Å²) in [5.41, 5.74) is -0.0922. The third-order valence-corrected chi connectivity index (χ3v) is 2.02. The Hall–Kier alpha value is -0.960. The first-order valence-electron chi connectivity index (χ1n) is 4.44. The lowest BCUT2D eigenvalue weighted by molar-refractivity contribution is -0.137. The first-order valence-corrected chi connectivity index (χ1v) is 4.97. The van der Waals surface area contributed by atoms with E-state index in [1.54, 1.807) is 18.2 Å². The Balaban J connectivity index is 2.84. The van der Waals surface area contributed by atoms with E-state index in [1.165, 1.54) is 6.07 Å². The minimum absolute atomic E-state index is 0.468. The van der Waals surface area contributed by atoms with Crippen LogP contribution in [0.25, 0.3) is 6.08 Å². The number of hydrogen-bond donors (Lipinski definition) is 0. The van der Waals surface area contributed by atoms with Crippen molar-refractivity contribution in [1.29, 1.82) is 0 Å². The van der Waals surface area contributed by atoms with Crippen LogP contribution in [0.1, 0.15) is 17.5 Å². The van der Waals surface area contributed by atoms with E-state index in [4.69, 9.17) is 11.6 Å². The average Bonchev–Trinajstić information content (AvgIpc) is 2.17. The van der Waals surface area contributed by atoms with Gasteiger partial charge in [0.1, 0.15) is 0 Å². The largest absolute Gasteiger partial charge is 0.416 e. The highest BCUT2D eigenvalue weighted by molar-refractivity contribution is 6.17. The van der Waals surface area contributed by atoms with E-state index in [9.17, 15) is 13.2 Å². The van der Waals surface area contributed by atoms with Gasteiger partial charge in [-0.2, -0.15) is 13.2 Å². The highest BCUT2D eigenvalue weighted by Gasteiger charge is 2.30. The summed E-state index contributed by atoms with van der Waals surface area (Å²) in [6, 6.07) is 5.19. The van der Waals surface area contributed by atoms with Crippen molar-refractivity contribution in [3.8, 4) is 0 Å². The average molecular weight is 235 g/mol. The van der Waals surface area contributed by atoms with Crippen molar-refractivity contribution in [2.24, 2.45) is 0 Å². The zero-order valence-corrected chi connectivity index (χ0v) is 8.65. The molecule has 0 aliphatic rings. The van der Waals surface area contributed by atoms with Crippen molar-refractivity contribution in [2.45, 2.75) is 12.6 Å². The van der Waals surface area contributed by atoms with Crippen LogP contribution in [0.2, 0.25) is 0 Å². The van der Waals surface area contributed by atoms with Crippen molar-refractivity contribution in [1.82, 2.24) is 0 Å². The molecule has 0 aliphatic heterocycles. The molecule has 0 saturated carbocycles. The summed E-state index contributed by atoms with van der Waals surface area (Å²) in [4.78, 5) is 0. The molecule has 0 radical (unpaired) electrons. The molecule has 0 fully saturated rings. The van der Waals surface area contributed by atoms with Gasteiger partial charge in [0.25, 0.3) is 0 Å². The highest BCUT2D eigenvalue weighted by atomic mass is 35.5. The molecule has 1 aromatic carbocycles. The van der Waals surface area contributed by atoms with Crippen LogP contribution >= 0.6 is 11.6 Å². The lowest BCUT2D eigenvalue weighted by Gasteiger charge is -2.06. The first-order chi connectivity index (χ1) is 7.04. The summed E-state index contributed by atoms with van der Waals surface area (Å²) in [7, 11) is 0. The Kier molecular flexibility index (Phi) is 4.21. The number of benzene rings is 1. The molecule has 4 heteroatoms. The fourth-order valence-electron chi connectivity index (χ4n) is 1.10. The van der Waals surface area contributed by atoms with Gasteiger partial charge in [-0.25, -0.2) is 0 Å². The molecule has 0 bridgehead atoms. The van der Waals surface area contributed by atoms with Gasteiger partial charge >= 0.3 is 6.18 Å². The van der Waals surface area contributed by atoms with Gasteiger partial charge in [0.05, 0.1) is 5.56 Å². The number of allylic oxidation sites excluding steroid dienone is 1. The van der Waals surface area contributed by atoms with E-state index in [0.29, 0.717) is 17.9 Å². The monoisotopic (exact) mass is 234 g/mol. The summed E-state index contributed by atoms with van der Waals surface area (Å²) in [5.74, 6) is 0.468. The van der Waals surface area contributed by atoms with Crippen molar-refractivity contribution in [3.05, 3.63) is 41.5 Å². The zero-order chi connectivity index (χ0) is 11.3. The summed E-state index contributed by atoms with van der Waals surface area (Å²) in [5, 5.41) is 0. The van der Waals surface area contributed by atoms with E-state index in [2.05, 4.69) is 0 Å². The second-order valence-electron chi connectivity index (χ2n) is 3.00. The van der Waals surface area contributed by atoms with Crippen molar-refractivity contribution in [2.75, 3.05) is 5.88 Å². The van der Waals surface area contributed by atoms with Crippen molar-refractivity contribution >= 4 is 17.7 Å². The second kappa shape index (κ2) is 5.21. The molecule has 1 aromatic rings. The number of rotatable bonds is 3. The van der Waals surface area contributed by atoms with Crippen LogP contribution in [0.4, 0.5) is 13.2 Å². The fraction of sp³-hybridized carbons (Fsp3) is 0.273. The molecule has 1 rings (SSSR count). The molecule has 0 N–H and O–H groups in total. The first kappa shape index (κ1) is 12.1. The molecular weight excluding hydrogens is 225 g/mol. The Morgan fingerprint density at radius 2 is 2.00 bits per heavy atom. The smallest absolute Gasteiger partial charge is 0.166 e. The summed E-state index contributed by atoms with van der Waals surface area (Å²) >= 11 is 5.44. The maximum atomic E-state index is 12.3. The Labute approximate surface area is 91.4 Å². The lowest BCUT2D eigenvalue weighted by Crippen LogP contribution is -2.04. The fourth-order valence-corrected chi connectivity index (χ4v) is 1.23. The van der Waals surface area contributed by atoms with E-state index >= 15 is 0 Å². The van der Waals surface area contributed by atoms with E-state index in [0.717, 1.165) is 12.1 Å². The van der Waals surface area contributed by atoms with Crippen LogP contribution in [0, 0.1) is 0 Å². The SMILES string of the molecule is FC(F)(F)c1cccc(/C=C/CCCl)c1. The zero-order valence-electron chi connectivity index (χ0n) is 7.89. The summed E-state index contributed by atoms with van der Waals surface area (Å²) < 4.78 is 36.9. The van der Waals surface area contributed by atoms with Gasteiger partial charge < -0.3 is 0 Å². The van der Waals surface area contributed by atoms with Crippen molar-refractivity contribution in [3.63, 3.8) is 0 Å². The lowest BCUT2D eigenvalue weighted by atomic mass is 10.1. The van der Waals surface area contributed by atoms with Gasteiger partial charge in [0, 0.05) is 5.88 Å². The third kappa shape index (κ3) is 3.96. The molecule has 0 aromatic heterocycles. The number of halogens is 4. The van der Waals surface area contributed by atoms with E-state index < -0.39 is 11.7 Å². The quantitative estimate of drug-likeness (QED) is 0.682. The molecule has 82 valence electrons. The van der Waals surface area contributed by atoms with Crippen LogP contribution in [0.5, 0.6) is 0 Å². The minimum Gasteiger partial charge on any atom is -0.166 e. The maximum absolute atomic E-state index is 12.3. The summed E-state index contributed by atoms with van der Waals surface area (Å²) in [6.07, 6.45) is -0.242. The maximum Gasteiger partial charge on any atom is 0.416 e. The topological polar surface area (TPSA) is 0 Å². The van der Waals surface area contributed by atoms with Gasteiger partial charge in [-0.1, -0.05) is 24.3 Å². The van der Waals surface area contributed by atoms with Gasteiger partial charge in [-0.15, -0.1) is 11.6 Å². The number of alkyl halides is 4. The Bertz CT molecular complexity index is 342. The molecule has 0 spiro atoms. The van der Waals surface area contributed by atoms with Crippen LogP contribution in [-0.4, -0.2) is 5.88 Å². The molecule has 15 heavy (non-hydrogen) atoms. The van der Waals surface area contributed by atoms with Gasteiger partial charge in [0.2, 0.25) is 0 Å². The molecule has 0 amide bonds. The Morgan fingerprint density at radius 3 is 2.60 bits per heavy atom. The van der Waals surface area contributed by atoms with Crippen LogP contribution in [-0.2, 0) is 6.18 Å². The predicted molar refractivity (Wildman–Crippen MR) is 55.8 cm³/mol. The van der Waals surface area contributed by atoms with Crippen LogP contribution < -0.4 is 0 Å². The third-order valence-electron chi connectivity index (χ3n) is 1.80. The molecule has 0 heterocycles. The van der Waals surface area contributed by atoms with E-state index in [-0.39, 0.29) is 0 Å². The molecule has 0 atom stereocenters. The molecule has 0 nitrogen and oxygen atoms in total. The molecule has 0 unspecified atom stereocenters. The predicted octanol–water partition coefficient (Wildman–Crippen LogP) is 4.35. The minimum atomic E-state index is -4.28. The molecule has 0 aliphatic carbocycles. The summed E-state index contributed by atoms with van der Waals surface area (Å²) in [6.45, 7) is 0. The Morgan fingerprint density at radius 1 is 1.27 bits per heavy atom. The second-order valence-corrected chi connectivity index (χ2v) is 3.38. The normalized spacial score (nSPS) is 12.3. The van der Waals surface area contributed by atoms with Gasteiger partial charge in [-0.05, 0) is 24.1 Å². The standard InChI is InChI=1S/C11H10ClF3/c12-7-2-1-4-9-5-3-6-10(8-9)11(13,14)15/h1,3-6,8H,2,7H2/b4-1+. The number of hydrogen-bond acceptors (Lipinski definition) is 0. The van der Waals surface area contributed by atoms with Crippen LogP contribution in [0.15, 0.2) is 30.3 Å². The highest BCUT2D eigenvalue weighted by Crippen LogP contribution is 2.29. The molecular formula is C11H10ClF3. The molecule has 0 saturated heterocycles. The van der Waals surface area contributed by atoms with E-state index in [1.807, 2.05) is 0 Å². The van der Waals surface area contributed by atoms with Crippen LogP contribution in [0.3, 0.4) is 0 Å². The van der Waals surface area contributed by atoms with Gasteiger partial charge in [-0.3, -0.25) is 0 Å².